The maximum atomic E-state index is 11.1. The molecule has 5 nitrogen and oxygen atoms in total. The molecule has 0 atom stereocenters. The normalized spacial score (nSPS) is 10.3. The number of anilines is 1. The van der Waals surface area contributed by atoms with Gasteiger partial charge in [-0.1, -0.05) is 15.9 Å². The van der Waals surface area contributed by atoms with Crippen molar-refractivity contribution >= 4 is 27.6 Å². The fraction of sp³-hybridized carbons (Fsp3) is 0.167. The number of aromatic nitrogens is 2. The maximum absolute atomic E-state index is 11.1. The number of imidazole rings is 1. The summed E-state index contributed by atoms with van der Waals surface area (Å²) < 4.78 is 2.67. The summed E-state index contributed by atoms with van der Waals surface area (Å²) in [6.45, 7) is 1.37. The molecule has 0 saturated heterocycles. The molecule has 0 aliphatic heterocycles. The molecule has 0 bridgehead atoms. The highest BCUT2D eigenvalue weighted by atomic mass is 79.9. The van der Waals surface area contributed by atoms with E-state index in [4.69, 9.17) is 5.11 Å². The lowest BCUT2D eigenvalue weighted by Crippen LogP contribution is -2.12. The van der Waals surface area contributed by atoms with E-state index in [1.54, 1.807) is 24.7 Å². The summed E-state index contributed by atoms with van der Waals surface area (Å²) in [5.74, 6) is -0.943. The number of nitrogens with one attached hydrogen (secondary N) is 1. The van der Waals surface area contributed by atoms with Gasteiger partial charge in [-0.3, -0.25) is 0 Å². The summed E-state index contributed by atoms with van der Waals surface area (Å²) in [6, 6.07) is 5.15. The van der Waals surface area contributed by atoms with E-state index in [0.717, 1.165) is 11.0 Å². The van der Waals surface area contributed by atoms with Gasteiger partial charge in [-0.2, -0.15) is 0 Å². The number of halogens is 1. The van der Waals surface area contributed by atoms with Crippen molar-refractivity contribution in [3.63, 3.8) is 0 Å². The zero-order chi connectivity index (χ0) is 13.0. The quantitative estimate of drug-likeness (QED) is 0.890. The molecule has 0 radical (unpaired) electrons. The minimum Gasteiger partial charge on any atom is -0.478 e. The molecule has 94 valence electrons. The number of carboxylic acids is 1. The molecule has 0 saturated carbocycles. The smallest absolute Gasteiger partial charge is 0.337 e. The molecule has 1 heterocycles. The molecular weight excluding hydrogens is 298 g/mol. The van der Waals surface area contributed by atoms with Gasteiger partial charge in [-0.05, 0) is 18.2 Å². The number of nitrogens with zero attached hydrogens (tertiary/aromatic N) is 2. The zero-order valence-corrected chi connectivity index (χ0v) is 11.1. The second-order valence-corrected chi connectivity index (χ2v) is 4.64. The largest absolute Gasteiger partial charge is 0.478 e. The first kappa shape index (κ1) is 12.6. The highest BCUT2D eigenvalue weighted by molar-refractivity contribution is 9.10. The Bertz CT molecular complexity index is 540. The fourth-order valence-electron chi connectivity index (χ4n) is 1.59. The van der Waals surface area contributed by atoms with Crippen LogP contribution in [0.1, 0.15) is 10.4 Å². The van der Waals surface area contributed by atoms with E-state index >= 15 is 0 Å². The van der Waals surface area contributed by atoms with Gasteiger partial charge in [-0.25, -0.2) is 9.78 Å². The predicted octanol–water partition coefficient (Wildman–Crippen LogP) is 2.46. The van der Waals surface area contributed by atoms with Crippen molar-refractivity contribution in [3.05, 3.63) is 47.0 Å². The van der Waals surface area contributed by atoms with E-state index in [2.05, 4.69) is 26.2 Å². The molecule has 0 aliphatic carbocycles. The number of aromatic carboxylic acids is 1. The predicted molar refractivity (Wildman–Crippen MR) is 71.8 cm³/mol. The van der Waals surface area contributed by atoms with Crippen molar-refractivity contribution in [2.75, 3.05) is 11.9 Å². The van der Waals surface area contributed by atoms with E-state index in [1.165, 1.54) is 0 Å². The number of carboxylic acid groups (broad SMARTS) is 1. The van der Waals surface area contributed by atoms with Crippen LogP contribution in [0.25, 0.3) is 0 Å². The van der Waals surface area contributed by atoms with Crippen LogP contribution in [-0.4, -0.2) is 27.2 Å². The molecule has 1 aromatic carbocycles. The van der Waals surface area contributed by atoms with Crippen LogP contribution in [0.4, 0.5) is 5.69 Å². The molecule has 0 unspecified atom stereocenters. The third-order valence-electron chi connectivity index (χ3n) is 2.46. The van der Waals surface area contributed by atoms with Crippen LogP contribution < -0.4 is 5.32 Å². The second-order valence-electron chi connectivity index (χ2n) is 3.72. The number of hydrogen-bond acceptors (Lipinski definition) is 3. The fourth-order valence-corrected chi connectivity index (χ4v) is 1.95. The lowest BCUT2D eigenvalue weighted by atomic mass is 10.2. The van der Waals surface area contributed by atoms with E-state index in [0.29, 0.717) is 12.2 Å². The molecule has 0 amide bonds. The summed E-state index contributed by atoms with van der Waals surface area (Å²) in [4.78, 5) is 15.0. The highest BCUT2D eigenvalue weighted by Crippen LogP contribution is 2.20. The zero-order valence-electron chi connectivity index (χ0n) is 9.51. The van der Waals surface area contributed by atoms with E-state index in [9.17, 15) is 4.79 Å². The average Bonchev–Trinajstić information content (AvgIpc) is 2.84. The Morgan fingerprint density at radius 2 is 2.33 bits per heavy atom. The van der Waals surface area contributed by atoms with Crippen molar-refractivity contribution in [1.82, 2.24) is 9.55 Å². The number of hydrogen-bond donors (Lipinski definition) is 2. The lowest BCUT2D eigenvalue weighted by molar-refractivity contribution is 0.0698. The molecule has 6 heteroatoms. The van der Waals surface area contributed by atoms with Gasteiger partial charge in [0.2, 0.25) is 0 Å². The van der Waals surface area contributed by atoms with Crippen molar-refractivity contribution in [2.24, 2.45) is 0 Å². The molecule has 0 aliphatic rings. The summed E-state index contributed by atoms with van der Waals surface area (Å²) in [5.41, 5.74) is 0.876. The Balaban J connectivity index is 2.02. The van der Waals surface area contributed by atoms with Gasteiger partial charge in [0.25, 0.3) is 0 Å². The Labute approximate surface area is 113 Å². The first-order valence-corrected chi connectivity index (χ1v) is 6.18. The van der Waals surface area contributed by atoms with Crippen LogP contribution in [0, 0.1) is 0 Å². The lowest BCUT2D eigenvalue weighted by Gasteiger charge is -2.10. The third-order valence-corrected chi connectivity index (χ3v) is 2.95. The Morgan fingerprint density at radius 1 is 1.50 bits per heavy atom. The van der Waals surface area contributed by atoms with E-state index in [1.807, 2.05) is 16.8 Å². The summed E-state index contributed by atoms with van der Waals surface area (Å²) in [7, 11) is 0. The maximum Gasteiger partial charge on any atom is 0.337 e. The van der Waals surface area contributed by atoms with Gasteiger partial charge in [0.05, 0.1) is 11.9 Å². The minimum absolute atomic E-state index is 0.259. The van der Waals surface area contributed by atoms with Crippen LogP contribution in [0.3, 0.4) is 0 Å². The summed E-state index contributed by atoms with van der Waals surface area (Å²) in [5, 5.41) is 12.2. The van der Waals surface area contributed by atoms with Gasteiger partial charge in [0.15, 0.2) is 0 Å². The SMILES string of the molecule is O=C(O)c1cc(Br)ccc1NCCn1ccnc1. The Morgan fingerprint density at radius 3 is 3.00 bits per heavy atom. The molecule has 18 heavy (non-hydrogen) atoms. The summed E-state index contributed by atoms with van der Waals surface area (Å²) >= 11 is 3.26. The molecule has 0 spiro atoms. The highest BCUT2D eigenvalue weighted by Gasteiger charge is 2.09. The number of carbonyl (C=O) groups is 1. The third kappa shape index (κ3) is 3.10. The second kappa shape index (κ2) is 5.68. The standard InChI is InChI=1S/C12H12BrN3O2/c13-9-1-2-11(10(7-9)12(17)18)15-4-6-16-5-3-14-8-16/h1-3,5,7-8,15H,4,6H2,(H,17,18). The molecule has 1 aromatic heterocycles. The van der Waals surface area contributed by atoms with Crippen molar-refractivity contribution in [3.8, 4) is 0 Å². The molecule has 2 N–H and O–H groups in total. The molecule has 2 aromatic rings. The van der Waals surface area contributed by atoms with Crippen LogP contribution in [-0.2, 0) is 6.54 Å². The Kier molecular flexibility index (Phi) is 3.99. The van der Waals surface area contributed by atoms with Gasteiger partial charge in [0, 0.05) is 35.6 Å². The van der Waals surface area contributed by atoms with Gasteiger partial charge in [0.1, 0.15) is 0 Å². The Hall–Kier alpha value is -1.82. The molecule has 2 rings (SSSR count). The van der Waals surface area contributed by atoms with Gasteiger partial charge < -0.3 is 15.0 Å². The monoisotopic (exact) mass is 309 g/mol. The first-order valence-electron chi connectivity index (χ1n) is 5.39. The topological polar surface area (TPSA) is 67.2 Å². The van der Waals surface area contributed by atoms with Crippen molar-refractivity contribution in [2.45, 2.75) is 6.54 Å². The van der Waals surface area contributed by atoms with Crippen LogP contribution in [0.5, 0.6) is 0 Å². The van der Waals surface area contributed by atoms with Crippen LogP contribution >= 0.6 is 15.9 Å². The summed E-state index contributed by atoms with van der Waals surface area (Å²) in [6.07, 6.45) is 5.30. The molecule has 0 fully saturated rings. The van der Waals surface area contributed by atoms with E-state index < -0.39 is 5.97 Å². The minimum atomic E-state index is -0.943. The average molecular weight is 310 g/mol. The number of benzene rings is 1. The first-order chi connectivity index (χ1) is 8.66. The number of rotatable bonds is 5. The van der Waals surface area contributed by atoms with Gasteiger partial charge in [-0.15, -0.1) is 0 Å². The van der Waals surface area contributed by atoms with Crippen LogP contribution in [0.2, 0.25) is 0 Å². The van der Waals surface area contributed by atoms with Crippen LogP contribution in [0.15, 0.2) is 41.4 Å². The van der Waals surface area contributed by atoms with E-state index in [-0.39, 0.29) is 5.56 Å². The van der Waals surface area contributed by atoms with Gasteiger partial charge >= 0.3 is 5.97 Å². The molecular formula is C12H12BrN3O2. The van der Waals surface area contributed by atoms with Crippen molar-refractivity contribution in [1.29, 1.82) is 0 Å². The van der Waals surface area contributed by atoms with Crippen molar-refractivity contribution < 1.29 is 9.90 Å².